The quantitative estimate of drug-likeness (QED) is 0.0899. The Hall–Kier alpha value is -13.7. The van der Waals surface area contributed by atoms with Gasteiger partial charge in [0.15, 0.2) is 0 Å². The molecule has 0 radical (unpaired) electrons. The lowest BCUT2D eigenvalue weighted by Crippen LogP contribution is -2.58. The Kier molecular flexibility index (Phi) is 13.6. The topological polar surface area (TPSA) is 24.9 Å². The molecule has 106 heavy (non-hydrogen) atoms. The van der Waals surface area contributed by atoms with E-state index in [1.54, 1.807) is 0 Å². The molecule has 0 aromatic heterocycles. The molecule has 0 amide bonds. The summed E-state index contributed by atoms with van der Waals surface area (Å²) in [5.41, 5.74) is 31.8. The van der Waals surface area contributed by atoms with Crippen molar-refractivity contribution < 1.29 is 9.47 Å². The van der Waals surface area contributed by atoms with Crippen LogP contribution in [-0.4, -0.2) is 13.4 Å². The van der Waals surface area contributed by atoms with Crippen molar-refractivity contribution in [1.29, 1.82) is 0 Å². The zero-order valence-corrected chi connectivity index (χ0v) is 57.7. The van der Waals surface area contributed by atoms with Crippen LogP contribution < -0.4 is 52.1 Å². The highest BCUT2D eigenvalue weighted by Crippen LogP contribution is 2.56. The fourth-order valence-corrected chi connectivity index (χ4v) is 18.4. The van der Waals surface area contributed by atoms with Gasteiger partial charge in [-0.05, 0) is 228 Å². The SMILES string of the molecule is c1ccc(-c2cccc(-c3ccccc3)c2-c2cc3c4c(cc5c(-c6c(-c7ccccc7)cccc6-c6ccccc6)cc6c7c(cc2c4c57)B2c4ccccc4Oc4cc(N(c5ccccc5)c5ccccc5)cc-6c42)B2c4ccccc4Oc4cc(N(c5ccccc5)c5ccccc5)cc-3c42)cc1. The third kappa shape index (κ3) is 9.17. The molecule has 0 saturated heterocycles. The van der Waals surface area contributed by atoms with Gasteiger partial charge in [-0.15, -0.1) is 0 Å². The molecule has 0 N–H and O–H groups in total. The number of hydrogen-bond donors (Lipinski definition) is 0. The Morgan fingerprint density at radius 3 is 0.802 bits per heavy atom. The Labute approximate surface area is 616 Å². The Bertz CT molecular complexity index is 5970. The van der Waals surface area contributed by atoms with Crippen LogP contribution in [-0.2, 0) is 0 Å². The van der Waals surface area contributed by atoms with Crippen LogP contribution in [0.4, 0.5) is 34.1 Å². The van der Waals surface area contributed by atoms with Gasteiger partial charge in [0, 0.05) is 34.9 Å². The van der Waals surface area contributed by atoms with E-state index < -0.39 is 0 Å². The first kappa shape index (κ1) is 60.0. The second-order valence-electron chi connectivity index (χ2n) is 28.4. The predicted octanol–water partition coefficient (Wildman–Crippen LogP) is 22.7. The van der Waals surface area contributed by atoms with E-state index in [-0.39, 0.29) is 13.4 Å². The zero-order chi connectivity index (χ0) is 69.5. The first-order valence-corrected chi connectivity index (χ1v) is 36.7. The van der Waals surface area contributed by atoms with Crippen molar-refractivity contribution in [3.63, 3.8) is 0 Å². The zero-order valence-electron chi connectivity index (χ0n) is 57.7. The number of rotatable bonds is 12. The molecular formula is C100H62B2N2O2. The molecule has 0 spiro atoms. The average Bonchev–Trinajstić information content (AvgIpc) is 0.665. The minimum Gasteiger partial charge on any atom is -0.458 e. The second kappa shape index (κ2) is 24.0. The average molecular weight is 1350 g/mol. The monoisotopic (exact) mass is 1340 g/mol. The standard InChI is InChI=1S/C100H62B2N2O2/c1-9-31-63(32-10-1)73-47-29-48-74(64-33-11-2-12-34-64)93(73)77-59-79-83-55-71(103(67-39-17-5-18-40-67)68-41-19-6-20-42-68)57-91-99(83)102(86-52-26-28-54-90(86)105-91)88-62-82-78(94-75(65-35-13-3-14-36-65)49-30-50-76(94)66-37-15-4-16-38-66)60-80-84-56-72(104(69-43-21-7-22-44-69)70-45-23-8-24-46-70)58-92-100(84)101(85-51-25-27-53-89(85)106-92)87-61-81(77)97(95(79)88)98(82)96(80)87/h1-62H. The first-order valence-electron chi connectivity index (χ1n) is 36.7. The molecule has 0 unspecified atom stereocenters. The number of ether oxygens (including phenoxy) is 2. The lowest BCUT2D eigenvalue weighted by Gasteiger charge is -2.39. The normalized spacial score (nSPS) is 12.5. The Morgan fingerprint density at radius 1 is 0.189 bits per heavy atom. The van der Waals surface area contributed by atoms with Gasteiger partial charge in [-0.3, -0.25) is 0 Å². The molecule has 4 heterocycles. The summed E-state index contributed by atoms with van der Waals surface area (Å²) in [6, 6.07) is 139. The van der Waals surface area contributed by atoms with Crippen LogP contribution in [0.3, 0.4) is 0 Å². The summed E-state index contributed by atoms with van der Waals surface area (Å²) in [6.45, 7) is -0.472. The fraction of sp³-hybridized carbons (Fsp3) is 0. The fourth-order valence-electron chi connectivity index (χ4n) is 18.4. The molecule has 0 atom stereocenters. The highest BCUT2D eigenvalue weighted by atomic mass is 16.5. The number of para-hydroxylation sites is 6. The summed E-state index contributed by atoms with van der Waals surface area (Å²) in [5, 5.41) is 7.35. The number of anilines is 6. The minimum absolute atomic E-state index is 0.236. The van der Waals surface area contributed by atoms with E-state index in [0.29, 0.717) is 0 Å². The molecule has 0 saturated carbocycles. The minimum atomic E-state index is -0.236. The Morgan fingerprint density at radius 2 is 0.481 bits per heavy atom. The van der Waals surface area contributed by atoms with Crippen LogP contribution in [0.25, 0.3) is 121 Å². The summed E-state index contributed by atoms with van der Waals surface area (Å²) in [6.07, 6.45) is 0. The van der Waals surface area contributed by atoms with Crippen LogP contribution in [0.15, 0.2) is 376 Å². The van der Waals surface area contributed by atoms with E-state index in [0.717, 1.165) is 157 Å². The van der Waals surface area contributed by atoms with Crippen molar-refractivity contribution in [2.24, 2.45) is 0 Å². The first-order chi connectivity index (χ1) is 52.6. The van der Waals surface area contributed by atoms with Crippen molar-refractivity contribution in [2.75, 3.05) is 9.80 Å². The third-order valence-electron chi connectivity index (χ3n) is 22.7. The largest absolute Gasteiger partial charge is 0.458 e. The van der Waals surface area contributed by atoms with Crippen molar-refractivity contribution in [3.05, 3.63) is 376 Å². The van der Waals surface area contributed by atoms with E-state index >= 15 is 0 Å². The van der Waals surface area contributed by atoms with Crippen LogP contribution in [0, 0.1) is 0 Å². The maximum Gasteiger partial charge on any atom is 0.252 e. The maximum atomic E-state index is 7.52. The molecule has 0 aliphatic carbocycles. The van der Waals surface area contributed by atoms with Gasteiger partial charge >= 0.3 is 0 Å². The molecule has 4 nitrogen and oxygen atoms in total. The molecule has 18 aromatic rings. The summed E-state index contributed by atoms with van der Waals surface area (Å²) in [5.74, 6) is 3.40. The molecule has 0 bridgehead atoms. The molecule has 0 fully saturated rings. The van der Waals surface area contributed by atoms with Gasteiger partial charge in [-0.25, -0.2) is 0 Å². The second-order valence-corrected chi connectivity index (χ2v) is 28.4. The lowest BCUT2D eigenvalue weighted by molar-refractivity contribution is 0.487. The summed E-state index contributed by atoms with van der Waals surface area (Å²) >= 11 is 0. The van der Waals surface area contributed by atoms with Crippen molar-refractivity contribution >= 4 is 113 Å². The summed E-state index contributed by atoms with van der Waals surface area (Å²) in [7, 11) is 0. The molecule has 6 heteroatoms. The lowest BCUT2D eigenvalue weighted by atomic mass is 9.32. The smallest absolute Gasteiger partial charge is 0.252 e. The molecule has 490 valence electrons. The molecular weight excluding hydrogens is 1280 g/mol. The number of benzene rings is 18. The van der Waals surface area contributed by atoms with E-state index in [2.05, 4.69) is 386 Å². The Balaban J connectivity index is 0.978. The van der Waals surface area contributed by atoms with Crippen LogP contribution in [0.1, 0.15) is 0 Å². The van der Waals surface area contributed by atoms with Gasteiger partial charge in [0.25, 0.3) is 13.4 Å². The van der Waals surface area contributed by atoms with E-state index in [1.807, 2.05) is 0 Å². The van der Waals surface area contributed by atoms with Gasteiger partial charge in [0.2, 0.25) is 0 Å². The van der Waals surface area contributed by atoms with E-state index in [1.165, 1.54) is 54.4 Å². The van der Waals surface area contributed by atoms with Crippen molar-refractivity contribution in [2.45, 2.75) is 0 Å². The van der Waals surface area contributed by atoms with Gasteiger partial charge in [0.1, 0.15) is 23.0 Å². The van der Waals surface area contributed by atoms with Gasteiger partial charge in [0.05, 0.1) is 11.4 Å². The van der Waals surface area contributed by atoms with Crippen LogP contribution in [0.2, 0.25) is 0 Å². The van der Waals surface area contributed by atoms with E-state index in [4.69, 9.17) is 9.47 Å². The maximum absolute atomic E-state index is 7.52. The number of hydrogen-bond acceptors (Lipinski definition) is 4. The predicted molar refractivity (Wildman–Crippen MR) is 445 cm³/mol. The van der Waals surface area contributed by atoms with Gasteiger partial charge in [-0.1, -0.05) is 290 Å². The highest BCUT2D eigenvalue weighted by molar-refractivity contribution is 7.01. The van der Waals surface area contributed by atoms with Crippen molar-refractivity contribution in [3.8, 4) is 112 Å². The molecule has 4 aliphatic heterocycles. The highest BCUT2D eigenvalue weighted by Gasteiger charge is 2.46. The van der Waals surface area contributed by atoms with Gasteiger partial charge in [-0.2, -0.15) is 0 Å². The number of nitrogens with zero attached hydrogens (tertiary/aromatic N) is 2. The molecule has 4 aliphatic rings. The third-order valence-corrected chi connectivity index (χ3v) is 22.7. The van der Waals surface area contributed by atoms with Crippen LogP contribution in [0.5, 0.6) is 23.0 Å². The van der Waals surface area contributed by atoms with Crippen LogP contribution >= 0.6 is 0 Å². The summed E-state index contributed by atoms with van der Waals surface area (Å²) in [4.78, 5) is 4.79. The summed E-state index contributed by atoms with van der Waals surface area (Å²) < 4.78 is 15.0. The van der Waals surface area contributed by atoms with E-state index in [9.17, 15) is 0 Å². The van der Waals surface area contributed by atoms with Crippen molar-refractivity contribution in [1.82, 2.24) is 0 Å². The van der Waals surface area contributed by atoms with Gasteiger partial charge < -0.3 is 19.3 Å². The molecule has 22 rings (SSSR count). The number of fused-ring (bicyclic) bond motifs is 8. The molecule has 18 aromatic carbocycles.